The summed E-state index contributed by atoms with van der Waals surface area (Å²) in [4.78, 5) is 12.7. The Morgan fingerprint density at radius 3 is 2.69 bits per heavy atom. The van der Waals surface area contributed by atoms with Gasteiger partial charge in [0.1, 0.15) is 0 Å². The SMILES string of the molecule is CC(NC(=O)c1ccccc1S)C1CCC1. The Morgan fingerprint density at radius 1 is 1.44 bits per heavy atom. The number of nitrogens with one attached hydrogen (secondary N) is 1. The largest absolute Gasteiger partial charge is 0.349 e. The van der Waals surface area contributed by atoms with Crippen molar-refractivity contribution in [2.75, 3.05) is 0 Å². The molecule has 0 bridgehead atoms. The summed E-state index contributed by atoms with van der Waals surface area (Å²) in [6, 6.07) is 7.67. The second-order valence-electron chi connectivity index (χ2n) is 4.47. The summed E-state index contributed by atoms with van der Waals surface area (Å²) in [7, 11) is 0. The van der Waals surface area contributed by atoms with E-state index in [4.69, 9.17) is 0 Å². The van der Waals surface area contributed by atoms with Crippen molar-refractivity contribution in [3.8, 4) is 0 Å². The number of rotatable bonds is 3. The van der Waals surface area contributed by atoms with Crippen molar-refractivity contribution in [2.45, 2.75) is 37.1 Å². The third-order valence-corrected chi connectivity index (χ3v) is 3.75. The molecule has 1 saturated carbocycles. The Labute approximate surface area is 102 Å². The smallest absolute Gasteiger partial charge is 0.252 e. The third-order valence-electron chi connectivity index (χ3n) is 3.36. The molecule has 1 aliphatic rings. The van der Waals surface area contributed by atoms with Crippen LogP contribution in [0, 0.1) is 5.92 Å². The van der Waals surface area contributed by atoms with Crippen LogP contribution < -0.4 is 5.32 Å². The number of carbonyl (C=O) groups is 1. The van der Waals surface area contributed by atoms with Gasteiger partial charge in [-0.3, -0.25) is 4.79 Å². The third kappa shape index (κ3) is 2.40. The molecule has 2 nitrogen and oxygen atoms in total. The molecule has 0 spiro atoms. The minimum absolute atomic E-state index is 0.00926. The molecule has 86 valence electrons. The first-order valence-corrected chi connectivity index (χ1v) is 6.22. The molecule has 0 aliphatic heterocycles. The maximum Gasteiger partial charge on any atom is 0.252 e. The predicted octanol–water partition coefficient (Wildman–Crippen LogP) is 2.89. The van der Waals surface area contributed by atoms with Gasteiger partial charge in [-0.2, -0.15) is 0 Å². The van der Waals surface area contributed by atoms with Gasteiger partial charge in [-0.25, -0.2) is 0 Å². The molecular weight excluding hydrogens is 218 g/mol. The van der Waals surface area contributed by atoms with Gasteiger partial charge in [0.25, 0.3) is 5.91 Å². The van der Waals surface area contributed by atoms with Crippen LogP contribution in [-0.2, 0) is 0 Å². The molecule has 1 aromatic rings. The fourth-order valence-electron chi connectivity index (χ4n) is 2.01. The second kappa shape index (κ2) is 4.91. The molecule has 0 radical (unpaired) electrons. The number of hydrogen-bond donors (Lipinski definition) is 2. The predicted molar refractivity (Wildman–Crippen MR) is 68.0 cm³/mol. The van der Waals surface area contributed by atoms with E-state index in [0.717, 1.165) is 4.90 Å². The normalized spacial score (nSPS) is 17.6. The van der Waals surface area contributed by atoms with E-state index in [1.54, 1.807) is 0 Å². The van der Waals surface area contributed by atoms with E-state index in [2.05, 4.69) is 24.9 Å². The molecule has 1 fully saturated rings. The van der Waals surface area contributed by atoms with Crippen LogP contribution in [0.4, 0.5) is 0 Å². The van der Waals surface area contributed by atoms with Crippen LogP contribution in [0.1, 0.15) is 36.5 Å². The molecule has 3 heteroatoms. The Hall–Kier alpha value is -0.960. The van der Waals surface area contributed by atoms with E-state index in [1.807, 2.05) is 24.3 Å². The first kappa shape index (κ1) is 11.5. The van der Waals surface area contributed by atoms with Crippen molar-refractivity contribution in [1.82, 2.24) is 5.32 Å². The summed E-state index contributed by atoms with van der Waals surface area (Å²) in [5, 5.41) is 3.05. The number of hydrogen-bond acceptors (Lipinski definition) is 2. The van der Waals surface area contributed by atoms with Gasteiger partial charge in [-0.15, -0.1) is 12.6 Å². The lowest BCUT2D eigenvalue weighted by molar-refractivity contribution is 0.0906. The van der Waals surface area contributed by atoms with Crippen LogP contribution in [0.25, 0.3) is 0 Å². The summed E-state index contributed by atoms with van der Waals surface area (Å²) in [5.74, 6) is 0.654. The van der Waals surface area contributed by atoms with Crippen molar-refractivity contribution >= 4 is 18.5 Å². The highest BCUT2D eigenvalue weighted by Crippen LogP contribution is 2.29. The second-order valence-corrected chi connectivity index (χ2v) is 4.95. The van der Waals surface area contributed by atoms with E-state index in [-0.39, 0.29) is 11.9 Å². The molecule has 2 rings (SSSR count). The first-order valence-electron chi connectivity index (χ1n) is 5.77. The fraction of sp³-hybridized carbons (Fsp3) is 0.462. The van der Waals surface area contributed by atoms with E-state index in [9.17, 15) is 4.79 Å². The standard InChI is InChI=1S/C13H17NOS/c1-9(10-5-4-6-10)14-13(15)11-7-2-3-8-12(11)16/h2-3,7-10,16H,4-6H2,1H3,(H,14,15). The number of carbonyl (C=O) groups excluding carboxylic acids is 1. The maximum atomic E-state index is 12.0. The summed E-state index contributed by atoms with van der Waals surface area (Å²) in [6.45, 7) is 2.09. The Balaban J connectivity index is 2.00. The van der Waals surface area contributed by atoms with Gasteiger partial charge >= 0.3 is 0 Å². The van der Waals surface area contributed by atoms with Crippen molar-refractivity contribution in [2.24, 2.45) is 5.92 Å². The lowest BCUT2D eigenvalue weighted by atomic mass is 9.80. The summed E-state index contributed by atoms with van der Waals surface area (Å²) >= 11 is 4.29. The molecule has 1 aliphatic carbocycles. The van der Waals surface area contributed by atoms with E-state index < -0.39 is 0 Å². The molecule has 1 atom stereocenters. The molecular formula is C13H17NOS. The van der Waals surface area contributed by atoms with Crippen LogP contribution in [-0.4, -0.2) is 11.9 Å². The number of benzene rings is 1. The minimum atomic E-state index is -0.00926. The van der Waals surface area contributed by atoms with E-state index in [1.165, 1.54) is 19.3 Å². The monoisotopic (exact) mass is 235 g/mol. The van der Waals surface area contributed by atoms with Crippen molar-refractivity contribution in [3.63, 3.8) is 0 Å². The zero-order valence-electron chi connectivity index (χ0n) is 9.44. The lowest BCUT2D eigenvalue weighted by Gasteiger charge is -2.31. The molecule has 16 heavy (non-hydrogen) atoms. The molecule has 1 unspecified atom stereocenters. The Kier molecular flexibility index (Phi) is 3.54. The zero-order chi connectivity index (χ0) is 11.5. The van der Waals surface area contributed by atoms with Crippen molar-refractivity contribution in [1.29, 1.82) is 0 Å². The van der Waals surface area contributed by atoms with Gasteiger partial charge in [-0.05, 0) is 37.8 Å². The highest BCUT2D eigenvalue weighted by Gasteiger charge is 2.25. The molecule has 1 amide bonds. The van der Waals surface area contributed by atoms with Crippen molar-refractivity contribution < 1.29 is 4.79 Å². The van der Waals surface area contributed by atoms with Gasteiger partial charge < -0.3 is 5.32 Å². The van der Waals surface area contributed by atoms with Crippen LogP contribution in [0.15, 0.2) is 29.2 Å². The molecule has 1 N–H and O–H groups in total. The van der Waals surface area contributed by atoms with Crippen molar-refractivity contribution in [3.05, 3.63) is 29.8 Å². The van der Waals surface area contributed by atoms with Gasteiger partial charge in [0.05, 0.1) is 5.56 Å². The average Bonchev–Trinajstić information content (AvgIpc) is 2.15. The summed E-state index contributed by atoms with van der Waals surface area (Å²) in [5.41, 5.74) is 0.664. The van der Waals surface area contributed by atoms with Crippen LogP contribution in [0.2, 0.25) is 0 Å². The number of thiol groups is 1. The minimum Gasteiger partial charge on any atom is -0.349 e. The summed E-state index contributed by atoms with van der Waals surface area (Å²) < 4.78 is 0. The highest BCUT2D eigenvalue weighted by molar-refractivity contribution is 7.80. The van der Waals surface area contributed by atoms with Crippen LogP contribution in [0.5, 0.6) is 0 Å². The topological polar surface area (TPSA) is 29.1 Å². The molecule has 0 saturated heterocycles. The van der Waals surface area contributed by atoms with Gasteiger partial charge in [0, 0.05) is 10.9 Å². The molecule has 0 aromatic heterocycles. The summed E-state index contributed by atoms with van der Waals surface area (Å²) in [6.07, 6.45) is 3.78. The number of amides is 1. The Morgan fingerprint density at radius 2 is 2.12 bits per heavy atom. The van der Waals surface area contributed by atoms with E-state index >= 15 is 0 Å². The fourth-order valence-corrected chi connectivity index (χ4v) is 2.27. The molecule has 1 aromatic carbocycles. The van der Waals surface area contributed by atoms with Gasteiger partial charge in [0.15, 0.2) is 0 Å². The maximum absolute atomic E-state index is 12.0. The first-order chi connectivity index (χ1) is 7.68. The van der Waals surface area contributed by atoms with Gasteiger partial charge in [0.2, 0.25) is 0 Å². The van der Waals surface area contributed by atoms with E-state index in [0.29, 0.717) is 11.5 Å². The highest BCUT2D eigenvalue weighted by atomic mass is 32.1. The zero-order valence-corrected chi connectivity index (χ0v) is 10.3. The molecule has 0 heterocycles. The lowest BCUT2D eigenvalue weighted by Crippen LogP contribution is -2.40. The van der Waals surface area contributed by atoms with Crippen LogP contribution in [0.3, 0.4) is 0 Å². The Bertz CT molecular complexity index is 387. The quantitative estimate of drug-likeness (QED) is 0.775. The van der Waals surface area contributed by atoms with Crippen LogP contribution >= 0.6 is 12.6 Å². The van der Waals surface area contributed by atoms with Gasteiger partial charge in [-0.1, -0.05) is 18.6 Å². The average molecular weight is 235 g/mol.